The lowest BCUT2D eigenvalue weighted by Crippen LogP contribution is -2.04. The van der Waals surface area contributed by atoms with E-state index >= 15 is 0 Å². The van der Waals surface area contributed by atoms with E-state index in [1.807, 2.05) is 31.2 Å². The molecule has 0 amide bonds. The third-order valence-electron chi connectivity index (χ3n) is 3.19. The zero-order chi connectivity index (χ0) is 13.4. The second kappa shape index (κ2) is 4.71. The topological polar surface area (TPSA) is 21.6 Å². The van der Waals surface area contributed by atoms with Gasteiger partial charge in [0.15, 0.2) is 5.75 Å². The minimum Gasteiger partial charge on any atom is -0.454 e. The van der Waals surface area contributed by atoms with Crippen molar-refractivity contribution in [1.29, 1.82) is 0 Å². The Morgan fingerprint density at radius 1 is 1.16 bits per heavy atom. The molecule has 3 heteroatoms. The second-order valence-electron chi connectivity index (χ2n) is 4.72. The van der Waals surface area contributed by atoms with Gasteiger partial charge in [0.05, 0.1) is 11.6 Å². The molecule has 3 rings (SSSR count). The Bertz CT molecular complexity index is 676. The lowest BCUT2D eigenvalue weighted by Gasteiger charge is -2.13. The van der Waals surface area contributed by atoms with Gasteiger partial charge in [0.25, 0.3) is 0 Å². The molecule has 0 radical (unpaired) electrons. The summed E-state index contributed by atoms with van der Waals surface area (Å²) in [4.78, 5) is 4.64. The number of nitrogens with zero attached hydrogens (tertiary/aromatic N) is 1. The predicted octanol–water partition coefficient (Wildman–Crippen LogP) is 4.77. The third kappa shape index (κ3) is 2.13. The highest BCUT2D eigenvalue weighted by Crippen LogP contribution is 2.39. The van der Waals surface area contributed by atoms with Crippen molar-refractivity contribution in [1.82, 2.24) is 0 Å². The zero-order valence-corrected chi connectivity index (χ0v) is 11.7. The van der Waals surface area contributed by atoms with E-state index in [0.717, 1.165) is 34.0 Å². The lowest BCUT2D eigenvalue weighted by atomic mass is 10.0. The van der Waals surface area contributed by atoms with Crippen LogP contribution in [0.1, 0.15) is 16.7 Å². The summed E-state index contributed by atoms with van der Waals surface area (Å²) in [6.07, 6.45) is 0. The van der Waals surface area contributed by atoms with E-state index in [9.17, 15) is 0 Å². The van der Waals surface area contributed by atoms with Crippen LogP contribution >= 0.6 is 11.6 Å². The van der Waals surface area contributed by atoms with Crippen molar-refractivity contribution in [2.45, 2.75) is 13.8 Å². The molecule has 19 heavy (non-hydrogen) atoms. The Kier molecular flexibility index (Phi) is 3.03. The first-order valence-corrected chi connectivity index (χ1v) is 6.74. The third-order valence-corrected chi connectivity index (χ3v) is 3.44. The first-order chi connectivity index (χ1) is 9.19. The summed E-state index contributed by atoms with van der Waals surface area (Å²) >= 11 is 6.07. The standard InChI is InChI=1S/C16H14ClNO/c1-10-7-11(2)16-12(8-10)14(9-17)18-13-5-3-4-6-15(13)19-16/h3-8H,9H2,1-2H3. The van der Waals surface area contributed by atoms with E-state index in [0.29, 0.717) is 5.88 Å². The fourth-order valence-electron chi connectivity index (χ4n) is 2.36. The van der Waals surface area contributed by atoms with Crippen molar-refractivity contribution in [3.63, 3.8) is 0 Å². The van der Waals surface area contributed by atoms with E-state index in [2.05, 4.69) is 24.0 Å². The van der Waals surface area contributed by atoms with Crippen LogP contribution in [0, 0.1) is 13.8 Å². The number of hydrogen-bond acceptors (Lipinski definition) is 2. The van der Waals surface area contributed by atoms with Gasteiger partial charge in [-0.15, -0.1) is 11.6 Å². The molecular weight excluding hydrogens is 258 g/mol. The minimum absolute atomic E-state index is 0.369. The van der Waals surface area contributed by atoms with Gasteiger partial charge in [0.2, 0.25) is 0 Å². The number of aliphatic imine (C=N–C) groups is 1. The van der Waals surface area contributed by atoms with Crippen LogP contribution in [0.3, 0.4) is 0 Å². The summed E-state index contributed by atoms with van der Waals surface area (Å²) in [7, 11) is 0. The molecule has 2 aromatic carbocycles. The van der Waals surface area contributed by atoms with E-state index in [1.54, 1.807) is 0 Å². The molecule has 0 aliphatic carbocycles. The first-order valence-electron chi connectivity index (χ1n) is 6.21. The predicted molar refractivity (Wildman–Crippen MR) is 79.3 cm³/mol. The van der Waals surface area contributed by atoms with Gasteiger partial charge >= 0.3 is 0 Å². The Morgan fingerprint density at radius 3 is 2.74 bits per heavy atom. The summed E-state index contributed by atoms with van der Waals surface area (Å²) in [5, 5.41) is 0. The molecule has 1 heterocycles. The van der Waals surface area contributed by atoms with Gasteiger partial charge in [-0.05, 0) is 43.2 Å². The van der Waals surface area contributed by atoms with Gasteiger partial charge in [0, 0.05) is 5.56 Å². The van der Waals surface area contributed by atoms with Crippen LogP contribution < -0.4 is 4.74 Å². The maximum absolute atomic E-state index is 6.07. The highest BCUT2D eigenvalue weighted by Gasteiger charge is 2.19. The Labute approximate surface area is 117 Å². The molecule has 2 nitrogen and oxygen atoms in total. The van der Waals surface area contributed by atoms with Gasteiger partial charge in [-0.2, -0.15) is 0 Å². The molecule has 0 atom stereocenters. The van der Waals surface area contributed by atoms with Crippen LogP contribution in [-0.4, -0.2) is 11.6 Å². The van der Waals surface area contributed by atoms with Crippen LogP contribution in [0.2, 0.25) is 0 Å². The smallest absolute Gasteiger partial charge is 0.153 e. The summed E-state index contributed by atoms with van der Waals surface area (Å²) < 4.78 is 6.05. The average Bonchev–Trinajstić information content (AvgIpc) is 2.55. The van der Waals surface area contributed by atoms with Gasteiger partial charge < -0.3 is 4.74 Å². The average molecular weight is 272 g/mol. The van der Waals surface area contributed by atoms with Gasteiger partial charge in [-0.1, -0.05) is 18.2 Å². The van der Waals surface area contributed by atoms with Crippen LogP contribution in [0.5, 0.6) is 11.5 Å². The summed E-state index contributed by atoms with van der Waals surface area (Å²) in [5.41, 5.74) is 4.96. The summed E-state index contributed by atoms with van der Waals surface area (Å²) in [5.74, 6) is 2.00. The number of halogens is 1. The number of fused-ring (bicyclic) bond motifs is 2. The molecule has 1 aliphatic heterocycles. The molecule has 96 valence electrons. The monoisotopic (exact) mass is 271 g/mol. The first kappa shape index (κ1) is 12.2. The van der Waals surface area contributed by atoms with E-state index in [-0.39, 0.29) is 0 Å². The molecule has 0 aromatic heterocycles. The fraction of sp³-hybridized carbons (Fsp3) is 0.188. The number of ether oxygens (including phenoxy) is 1. The quantitative estimate of drug-likeness (QED) is 0.685. The van der Waals surface area contributed by atoms with Crippen molar-refractivity contribution in [3.8, 4) is 11.5 Å². The highest BCUT2D eigenvalue weighted by atomic mass is 35.5. The van der Waals surface area contributed by atoms with E-state index in [4.69, 9.17) is 16.3 Å². The Morgan fingerprint density at radius 2 is 1.95 bits per heavy atom. The fourth-order valence-corrected chi connectivity index (χ4v) is 2.56. The zero-order valence-electron chi connectivity index (χ0n) is 10.9. The van der Waals surface area contributed by atoms with Crippen LogP contribution in [-0.2, 0) is 0 Å². The lowest BCUT2D eigenvalue weighted by molar-refractivity contribution is 0.481. The molecular formula is C16H14ClNO. The minimum atomic E-state index is 0.369. The van der Waals surface area contributed by atoms with Gasteiger partial charge in [-0.25, -0.2) is 4.99 Å². The van der Waals surface area contributed by atoms with E-state index in [1.165, 1.54) is 5.56 Å². The van der Waals surface area contributed by atoms with Crippen molar-refractivity contribution in [3.05, 3.63) is 53.1 Å². The summed E-state index contributed by atoms with van der Waals surface area (Å²) in [6.45, 7) is 4.11. The van der Waals surface area contributed by atoms with Crippen molar-refractivity contribution in [2.24, 2.45) is 4.99 Å². The van der Waals surface area contributed by atoms with Gasteiger partial charge in [-0.3, -0.25) is 0 Å². The molecule has 0 unspecified atom stereocenters. The molecule has 0 spiro atoms. The number of rotatable bonds is 1. The van der Waals surface area contributed by atoms with Crippen molar-refractivity contribution in [2.75, 3.05) is 5.88 Å². The maximum atomic E-state index is 6.07. The molecule has 2 aromatic rings. The molecule has 1 aliphatic rings. The number of benzene rings is 2. The number of aryl methyl sites for hydroxylation is 2. The molecule has 0 saturated heterocycles. The Hall–Kier alpha value is -1.80. The van der Waals surface area contributed by atoms with Crippen molar-refractivity contribution < 1.29 is 4.74 Å². The normalized spacial score (nSPS) is 12.9. The van der Waals surface area contributed by atoms with E-state index < -0.39 is 0 Å². The number of para-hydroxylation sites is 2. The van der Waals surface area contributed by atoms with Gasteiger partial charge in [0.1, 0.15) is 11.4 Å². The summed E-state index contributed by atoms with van der Waals surface area (Å²) in [6, 6.07) is 12.0. The van der Waals surface area contributed by atoms with Crippen LogP contribution in [0.15, 0.2) is 41.4 Å². The number of alkyl halides is 1. The second-order valence-corrected chi connectivity index (χ2v) is 4.99. The molecule has 0 N–H and O–H groups in total. The SMILES string of the molecule is Cc1cc(C)c2c(c1)C(CCl)=Nc1ccccc1O2. The molecule has 0 saturated carbocycles. The Balaban J connectivity index is 2.29. The number of hydrogen-bond donors (Lipinski definition) is 0. The maximum Gasteiger partial charge on any atom is 0.153 e. The highest BCUT2D eigenvalue weighted by molar-refractivity contribution is 6.32. The van der Waals surface area contributed by atoms with Crippen LogP contribution in [0.4, 0.5) is 5.69 Å². The molecule has 0 fully saturated rings. The van der Waals surface area contributed by atoms with Crippen LogP contribution in [0.25, 0.3) is 0 Å². The molecule has 0 bridgehead atoms. The largest absolute Gasteiger partial charge is 0.454 e. The van der Waals surface area contributed by atoms with Crippen molar-refractivity contribution >= 4 is 23.0 Å².